The van der Waals surface area contributed by atoms with E-state index in [2.05, 4.69) is 34.2 Å². The standard InChI is InChI=1S/C33H38BrN3O4/c1-7-20-13-26-30(27(38)14-20)29(24(17-35)19(3)36-26)23-15-25(34)31(28(16-23)40-8-2)41-18-21-10-9-11-22(12-21)32(39)37-33(4,5)6/h9-12,15-16,20,24,29H,7-8,13-14,18H2,1-6H3,(H,37,39). The van der Waals surface area contributed by atoms with E-state index >= 15 is 0 Å². The lowest BCUT2D eigenvalue weighted by Gasteiger charge is -2.35. The Balaban J connectivity index is 1.66. The van der Waals surface area contributed by atoms with Gasteiger partial charge in [0.25, 0.3) is 5.91 Å². The van der Waals surface area contributed by atoms with Crippen molar-refractivity contribution < 1.29 is 19.1 Å². The number of halogens is 1. The van der Waals surface area contributed by atoms with Crippen LogP contribution in [0.15, 0.2) is 57.1 Å². The van der Waals surface area contributed by atoms with Crippen LogP contribution in [0.5, 0.6) is 11.5 Å². The number of carbonyl (C=O) groups is 2. The van der Waals surface area contributed by atoms with Crippen LogP contribution >= 0.6 is 15.9 Å². The molecule has 1 amide bonds. The number of allylic oxidation sites excluding steroid dienone is 2. The molecule has 1 aliphatic carbocycles. The fourth-order valence-corrected chi connectivity index (χ4v) is 6.07. The number of carbonyl (C=O) groups excluding carboxylic acids is 2. The van der Waals surface area contributed by atoms with E-state index < -0.39 is 11.8 Å². The molecule has 2 aromatic rings. The molecule has 7 nitrogen and oxygen atoms in total. The number of benzene rings is 2. The molecule has 2 aliphatic rings. The van der Waals surface area contributed by atoms with Gasteiger partial charge in [0, 0.05) is 40.4 Å². The summed E-state index contributed by atoms with van der Waals surface area (Å²) in [6, 6.07) is 13.5. The first kappa shape index (κ1) is 30.5. The maximum atomic E-state index is 13.4. The topological polar surface area (TPSA) is 101 Å². The lowest BCUT2D eigenvalue weighted by molar-refractivity contribution is -0.117. The number of amides is 1. The van der Waals surface area contributed by atoms with Crippen LogP contribution in [0.25, 0.3) is 0 Å². The number of ketones is 1. The Morgan fingerprint density at radius 2 is 1.93 bits per heavy atom. The van der Waals surface area contributed by atoms with Crippen LogP contribution in [0.4, 0.5) is 0 Å². The molecule has 0 saturated carbocycles. The number of aliphatic imine (C=N–C) groups is 1. The molecule has 0 aromatic heterocycles. The van der Waals surface area contributed by atoms with Gasteiger partial charge >= 0.3 is 0 Å². The summed E-state index contributed by atoms with van der Waals surface area (Å²) in [5.74, 6) is 0.263. The van der Waals surface area contributed by atoms with Crippen molar-refractivity contribution in [2.24, 2.45) is 16.8 Å². The molecule has 0 spiro atoms. The Bertz CT molecular complexity index is 1450. The maximum absolute atomic E-state index is 13.4. The van der Waals surface area contributed by atoms with E-state index in [1.165, 1.54) is 0 Å². The summed E-state index contributed by atoms with van der Waals surface area (Å²) in [7, 11) is 0. The predicted octanol–water partition coefficient (Wildman–Crippen LogP) is 7.30. The van der Waals surface area contributed by atoms with Crippen LogP contribution < -0.4 is 14.8 Å². The van der Waals surface area contributed by atoms with Crippen LogP contribution in [0, 0.1) is 23.2 Å². The quantitative estimate of drug-likeness (QED) is 0.334. The molecule has 0 bridgehead atoms. The van der Waals surface area contributed by atoms with Crippen molar-refractivity contribution in [2.45, 2.75) is 78.9 Å². The maximum Gasteiger partial charge on any atom is 0.251 e. The third-order valence-corrected chi connectivity index (χ3v) is 8.03. The van der Waals surface area contributed by atoms with Gasteiger partial charge in [0.05, 0.1) is 23.1 Å². The lowest BCUT2D eigenvalue weighted by atomic mass is 9.70. The molecule has 3 unspecified atom stereocenters. The molecule has 216 valence electrons. The molecule has 4 rings (SSSR count). The van der Waals surface area contributed by atoms with E-state index in [1.54, 1.807) is 6.07 Å². The molecular formula is C33H38BrN3O4. The zero-order valence-corrected chi connectivity index (χ0v) is 26.2. The molecule has 8 heteroatoms. The number of Topliss-reactive ketones (excluding diaryl/α,β-unsaturated/α-hetero) is 1. The second kappa shape index (κ2) is 12.6. The average Bonchev–Trinajstić information content (AvgIpc) is 2.91. The SMILES string of the molecule is CCOc1cc(C2C3=C(CC(CC)CC3=O)N=C(C)C2C#N)cc(Br)c1OCc1cccc(C(=O)NC(C)(C)C)c1. The van der Waals surface area contributed by atoms with Gasteiger partial charge in [-0.15, -0.1) is 0 Å². The van der Waals surface area contributed by atoms with Crippen LogP contribution in [0.1, 0.15) is 88.2 Å². The van der Waals surface area contributed by atoms with Crippen molar-refractivity contribution in [1.29, 1.82) is 5.26 Å². The number of nitriles is 1. The third kappa shape index (κ3) is 6.90. The zero-order chi connectivity index (χ0) is 29.9. The summed E-state index contributed by atoms with van der Waals surface area (Å²) in [4.78, 5) is 30.8. The fourth-order valence-electron chi connectivity index (χ4n) is 5.49. The summed E-state index contributed by atoms with van der Waals surface area (Å²) in [5.41, 5.74) is 4.06. The Labute approximate surface area is 251 Å². The first-order valence-corrected chi connectivity index (χ1v) is 15.0. The minimum absolute atomic E-state index is 0.0735. The molecule has 1 N–H and O–H groups in total. The minimum atomic E-state index is -0.550. The van der Waals surface area contributed by atoms with Gasteiger partial charge in [0.2, 0.25) is 0 Å². The fraction of sp³-hybridized carbons (Fsp3) is 0.455. The van der Waals surface area contributed by atoms with Gasteiger partial charge in [-0.3, -0.25) is 14.6 Å². The summed E-state index contributed by atoms with van der Waals surface area (Å²) in [5, 5.41) is 13.1. The van der Waals surface area contributed by atoms with Crippen molar-refractivity contribution in [2.75, 3.05) is 6.61 Å². The largest absolute Gasteiger partial charge is 0.490 e. The zero-order valence-electron chi connectivity index (χ0n) is 24.6. The lowest BCUT2D eigenvalue weighted by Crippen LogP contribution is -2.40. The Morgan fingerprint density at radius 1 is 1.17 bits per heavy atom. The van der Waals surface area contributed by atoms with Gasteiger partial charge in [0.1, 0.15) is 6.61 Å². The van der Waals surface area contributed by atoms with Gasteiger partial charge in [-0.25, -0.2) is 0 Å². The number of nitrogens with one attached hydrogen (secondary N) is 1. The monoisotopic (exact) mass is 619 g/mol. The van der Waals surface area contributed by atoms with Gasteiger partial charge < -0.3 is 14.8 Å². The molecule has 2 aromatic carbocycles. The van der Waals surface area contributed by atoms with Crippen LogP contribution in [-0.2, 0) is 11.4 Å². The highest BCUT2D eigenvalue weighted by Crippen LogP contribution is 2.48. The third-order valence-electron chi connectivity index (χ3n) is 7.44. The molecule has 41 heavy (non-hydrogen) atoms. The molecule has 1 heterocycles. The molecule has 1 aliphatic heterocycles. The van der Waals surface area contributed by atoms with Crippen molar-refractivity contribution in [3.05, 3.63) is 68.8 Å². The molecule has 0 radical (unpaired) electrons. The van der Waals surface area contributed by atoms with Gasteiger partial charge in [-0.05, 0) is 98.3 Å². The highest BCUT2D eigenvalue weighted by Gasteiger charge is 2.41. The Morgan fingerprint density at radius 3 is 2.59 bits per heavy atom. The summed E-state index contributed by atoms with van der Waals surface area (Å²) in [6.07, 6.45) is 2.14. The number of nitrogens with zero attached hydrogens (tertiary/aromatic N) is 2. The molecule has 0 saturated heterocycles. The average molecular weight is 621 g/mol. The first-order valence-electron chi connectivity index (χ1n) is 14.2. The number of hydrogen-bond donors (Lipinski definition) is 1. The number of ether oxygens (including phenoxy) is 2. The van der Waals surface area contributed by atoms with E-state index in [9.17, 15) is 14.9 Å². The van der Waals surface area contributed by atoms with Crippen LogP contribution in [0.2, 0.25) is 0 Å². The minimum Gasteiger partial charge on any atom is -0.490 e. The second-order valence-electron chi connectivity index (χ2n) is 11.8. The first-order chi connectivity index (χ1) is 19.4. The van der Waals surface area contributed by atoms with Gasteiger partial charge in [0.15, 0.2) is 17.3 Å². The van der Waals surface area contributed by atoms with Crippen molar-refractivity contribution in [1.82, 2.24) is 5.32 Å². The van der Waals surface area contributed by atoms with Gasteiger partial charge in [-0.2, -0.15) is 5.26 Å². The summed E-state index contributed by atoms with van der Waals surface area (Å²) in [6.45, 7) is 12.3. The number of hydrogen-bond acceptors (Lipinski definition) is 6. The van der Waals surface area contributed by atoms with E-state index in [0.29, 0.717) is 40.1 Å². The second-order valence-corrected chi connectivity index (χ2v) is 12.6. The molecule has 3 atom stereocenters. The van der Waals surface area contributed by atoms with Gasteiger partial charge in [-0.1, -0.05) is 25.5 Å². The van der Waals surface area contributed by atoms with E-state index in [-0.39, 0.29) is 29.8 Å². The normalized spacial score (nSPS) is 20.6. The smallest absolute Gasteiger partial charge is 0.251 e. The Kier molecular flexibility index (Phi) is 9.38. The van der Waals surface area contributed by atoms with Crippen molar-refractivity contribution >= 4 is 33.3 Å². The van der Waals surface area contributed by atoms with E-state index in [1.807, 2.05) is 65.0 Å². The summed E-state index contributed by atoms with van der Waals surface area (Å²) >= 11 is 3.68. The predicted molar refractivity (Wildman–Crippen MR) is 163 cm³/mol. The molecular weight excluding hydrogens is 582 g/mol. The highest BCUT2D eigenvalue weighted by molar-refractivity contribution is 9.10. The number of rotatable bonds is 8. The van der Waals surface area contributed by atoms with Crippen molar-refractivity contribution in [3.63, 3.8) is 0 Å². The summed E-state index contributed by atoms with van der Waals surface area (Å²) < 4.78 is 12.9. The highest BCUT2D eigenvalue weighted by atomic mass is 79.9. The van der Waals surface area contributed by atoms with Crippen molar-refractivity contribution in [3.8, 4) is 17.6 Å². The Hall–Kier alpha value is -3.44. The molecule has 0 fully saturated rings. The van der Waals surface area contributed by atoms with Crippen LogP contribution in [0.3, 0.4) is 0 Å². The van der Waals surface area contributed by atoms with E-state index in [0.717, 1.165) is 35.4 Å². The van der Waals surface area contributed by atoms with E-state index in [4.69, 9.17) is 14.5 Å². The van der Waals surface area contributed by atoms with Crippen LogP contribution in [-0.4, -0.2) is 29.5 Å².